The molecule has 0 atom stereocenters. The van der Waals surface area contributed by atoms with E-state index in [-0.39, 0.29) is 19.3 Å². The zero-order valence-electron chi connectivity index (χ0n) is 17.9. The summed E-state index contributed by atoms with van der Waals surface area (Å²) in [6, 6.07) is 0. The molecule has 0 aromatic carbocycles. The van der Waals surface area contributed by atoms with Gasteiger partial charge in [0.15, 0.2) is 0 Å². The molecule has 0 aromatic heterocycles. The van der Waals surface area contributed by atoms with Crippen LogP contribution in [0.25, 0.3) is 0 Å². The highest BCUT2D eigenvalue weighted by molar-refractivity contribution is 5.78. The van der Waals surface area contributed by atoms with E-state index in [9.17, 15) is 9.59 Å². The van der Waals surface area contributed by atoms with E-state index >= 15 is 0 Å². The van der Waals surface area contributed by atoms with Crippen LogP contribution in [0, 0.1) is 41.4 Å². The maximum Gasteiger partial charge on any atom is 0.306 e. The van der Waals surface area contributed by atoms with Gasteiger partial charge >= 0.3 is 5.97 Å². The molecule has 0 spiro atoms. The highest BCUT2D eigenvalue weighted by Gasteiger charge is 2.47. The van der Waals surface area contributed by atoms with Gasteiger partial charge in [-0.2, -0.15) is 0 Å². The molecule has 4 nitrogen and oxygen atoms in total. The van der Waals surface area contributed by atoms with Gasteiger partial charge in [0.25, 0.3) is 0 Å². The third-order valence-electron chi connectivity index (χ3n) is 7.63. The van der Waals surface area contributed by atoms with Crippen molar-refractivity contribution in [2.24, 2.45) is 41.4 Å². The number of hydrogen-bond donors (Lipinski definition) is 2. The number of aliphatic carboxylic acids is 1. The highest BCUT2D eigenvalue weighted by atomic mass is 16.4. The normalized spacial score (nSPS) is 29.9. The van der Waals surface area contributed by atoms with Gasteiger partial charge in [0.2, 0.25) is 5.91 Å². The number of nitrogens with one attached hydrogen (secondary N) is 1. The number of carbonyl (C=O) groups excluding carboxylic acids is 1. The van der Waals surface area contributed by atoms with Crippen molar-refractivity contribution in [3.05, 3.63) is 0 Å². The molecule has 4 rings (SSSR count). The van der Waals surface area contributed by atoms with Crippen LogP contribution in [0.2, 0.25) is 0 Å². The first kappa shape index (κ1) is 25.0. The molecule has 0 aromatic rings. The molecular formula is C24H45NO3. The van der Waals surface area contributed by atoms with Crippen molar-refractivity contribution < 1.29 is 14.7 Å². The molecule has 0 radical (unpaired) electrons. The molecule has 4 heteroatoms. The number of carbonyl (C=O) groups is 2. The van der Waals surface area contributed by atoms with E-state index in [4.69, 9.17) is 5.11 Å². The van der Waals surface area contributed by atoms with Gasteiger partial charge in [0.05, 0.1) is 5.92 Å². The predicted octanol–water partition coefficient (Wildman–Crippen LogP) is 5.75. The van der Waals surface area contributed by atoms with Crippen molar-refractivity contribution in [1.29, 1.82) is 0 Å². The standard InChI is InChI=1S/C17H29NO.C6H12O2.CH4/c1-3-13(4-2)17(19)18-10-16-14-6-11-5-12(8-14)9-15(16)7-11;1-3-5(4-2)6(7)8;/h11-16H,3-10H2,1-2H3,(H,18,19);5H,3-4H2,1-2H3,(H,7,8);1H4. The monoisotopic (exact) mass is 395 g/mol. The fourth-order valence-corrected chi connectivity index (χ4v) is 6.03. The molecule has 28 heavy (non-hydrogen) atoms. The molecule has 1 amide bonds. The minimum atomic E-state index is -0.671. The Morgan fingerprint density at radius 2 is 1.25 bits per heavy atom. The summed E-state index contributed by atoms with van der Waals surface area (Å²) in [5.41, 5.74) is 0. The minimum Gasteiger partial charge on any atom is -0.481 e. The van der Waals surface area contributed by atoms with E-state index in [1.165, 1.54) is 32.1 Å². The summed E-state index contributed by atoms with van der Waals surface area (Å²) in [5.74, 6) is 4.46. The lowest BCUT2D eigenvalue weighted by molar-refractivity contribution is -0.141. The fraction of sp³-hybridized carbons (Fsp3) is 0.917. The van der Waals surface area contributed by atoms with E-state index in [1.54, 1.807) is 0 Å². The van der Waals surface area contributed by atoms with Gasteiger partial charge in [-0.15, -0.1) is 0 Å². The fourth-order valence-electron chi connectivity index (χ4n) is 6.03. The Morgan fingerprint density at radius 1 is 0.821 bits per heavy atom. The predicted molar refractivity (Wildman–Crippen MR) is 116 cm³/mol. The van der Waals surface area contributed by atoms with E-state index < -0.39 is 5.97 Å². The second-order valence-electron chi connectivity index (χ2n) is 9.20. The first-order valence-corrected chi connectivity index (χ1v) is 11.4. The van der Waals surface area contributed by atoms with Gasteiger partial charge in [-0.25, -0.2) is 0 Å². The Bertz CT molecular complexity index is 454. The maximum absolute atomic E-state index is 12.1. The Morgan fingerprint density at radius 3 is 1.57 bits per heavy atom. The maximum atomic E-state index is 12.1. The number of carboxylic acid groups (broad SMARTS) is 1. The van der Waals surface area contributed by atoms with E-state index in [0.29, 0.717) is 5.91 Å². The lowest BCUT2D eigenvalue weighted by Gasteiger charge is -2.54. The van der Waals surface area contributed by atoms with Crippen LogP contribution in [0.5, 0.6) is 0 Å². The third kappa shape index (κ3) is 6.22. The van der Waals surface area contributed by atoms with Gasteiger partial charge in [-0.05, 0) is 87.4 Å². The molecule has 4 fully saturated rings. The lowest BCUT2D eigenvalue weighted by Crippen LogP contribution is -2.49. The Hall–Kier alpha value is -1.06. The molecule has 4 aliphatic rings. The smallest absolute Gasteiger partial charge is 0.306 e. The Balaban J connectivity index is 0.000000376. The summed E-state index contributed by atoms with van der Waals surface area (Å²) in [4.78, 5) is 22.3. The van der Waals surface area contributed by atoms with E-state index in [1.807, 2.05) is 13.8 Å². The molecule has 0 heterocycles. The van der Waals surface area contributed by atoms with Crippen LogP contribution in [0.15, 0.2) is 0 Å². The van der Waals surface area contributed by atoms with Crippen molar-refractivity contribution in [3.8, 4) is 0 Å². The highest BCUT2D eigenvalue weighted by Crippen LogP contribution is 2.56. The topological polar surface area (TPSA) is 66.4 Å². The lowest BCUT2D eigenvalue weighted by atomic mass is 9.52. The van der Waals surface area contributed by atoms with Gasteiger partial charge in [-0.1, -0.05) is 35.1 Å². The van der Waals surface area contributed by atoms with Gasteiger partial charge in [-0.3, -0.25) is 9.59 Å². The summed E-state index contributed by atoms with van der Waals surface area (Å²) in [6.45, 7) is 8.99. The summed E-state index contributed by atoms with van der Waals surface area (Å²) < 4.78 is 0. The minimum absolute atomic E-state index is 0. The van der Waals surface area contributed by atoms with Crippen LogP contribution in [0.3, 0.4) is 0 Å². The molecule has 2 N–H and O–H groups in total. The second-order valence-corrected chi connectivity index (χ2v) is 9.20. The molecule has 4 saturated carbocycles. The van der Waals surface area contributed by atoms with Gasteiger partial charge in [0.1, 0.15) is 0 Å². The van der Waals surface area contributed by atoms with E-state index in [0.717, 1.165) is 61.8 Å². The number of amides is 1. The van der Waals surface area contributed by atoms with Crippen LogP contribution in [0.4, 0.5) is 0 Å². The Kier molecular flexibility index (Phi) is 10.5. The van der Waals surface area contributed by atoms with Crippen molar-refractivity contribution in [3.63, 3.8) is 0 Å². The molecule has 0 aliphatic heterocycles. The molecule has 0 unspecified atom stereocenters. The van der Waals surface area contributed by atoms with Crippen LogP contribution in [-0.2, 0) is 9.59 Å². The molecular weight excluding hydrogens is 350 g/mol. The first-order chi connectivity index (χ1) is 12.9. The average molecular weight is 396 g/mol. The van der Waals surface area contributed by atoms with Crippen LogP contribution in [-0.4, -0.2) is 23.5 Å². The SMILES string of the molecule is C.CCC(CC)C(=O)NCC1C2CC3CC(C2)CC1C3.CCC(CC)C(=O)O. The summed E-state index contributed by atoms with van der Waals surface area (Å²) >= 11 is 0. The molecule has 0 saturated heterocycles. The molecule has 164 valence electrons. The molecule has 4 aliphatic carbocycles. The van der Waals surface area contributed by atoms with Crippen LogP contribution in [0.1, 0.15) is 92.9 Å². The average Bonchev–Trinajstić information content (AvgIpc) is 2.63. The van der Waals surface area contributed by atoms with Crippen molar-refractivity contribution in [2.45, 2.75) is 92.9 Å². The number of rotatable bonds is 8. The largest absolute Gasteiger partial charge is 0.481 e. The van der Waals surface area contributed by atoms with Crippen LogP contribution < -0.4 is 5.32 Å². The van der Waals surface area contributed by atoms with Gasteiger partial charge < -0.3 is 10.4 Å². The van der Waals surface area contributed by atoms with Crippen molar-refractivity contribution in [1.82, 2.24) is 5.32 Å². The zero-order chi connectivity index (χ0) is 20.0. The summed E-state index contributed by atoms with van der Waals surface area (Å²) in [7, 11) is 0. The summed E-state index contributed by atoms with van der Waals surface area (Å²) in [5, 5.41) is 11.6. The zero-order valence-corrected chi connectivity index (χ0v) is 17.9. The molecule has 4 bridgehead atoms. The van der Waals surface area contributed by atoms with Crippen LogP contribution >= 0.6 is 0 Å². The second kappa shape index (κ2) is 11.8. The number of carboxylic acids is 1. The Labute approximate surface area is 173 Å². The van der Waals surface area contributed by atoms with E-state index in [2.05, 4.69) is 19.2 Å². The quantitative estimate of drug-likeness (QED) is 0.549. The summed E-state index contributed by atoms with van der Waals surface area (Å²) in [6.07, 6.45) is 10.8. The van der Waals surface area contributed by atoms with Crippen molar-refractivity contribution >= 4 is 11.9 Å². The van der Waals surface area contributed by atoms with Crippen molar-refractivity contribution in [2.75, 3.05) is 6.54 Å². The number of hydrogen-bond acceptors (Lipinski definition) is 2. The first-order valence-electron chi connectivity index (χ1n) is 11.4. The third-order valence-corrected chi connectivity index (χ3v) is 7.63. The van der Waals surface area contributed by atoms with Gasteiger partial charge in [0, 0.05) is 12.5 Å².